The molecular formula is C17H23N3S2. The predicted octanol–water partition coefficient (Wildman–Crippen LogP) is 3.68. The molecule has 1 fully saturated rings. The lowest BCUT2D eigenvalue weighted by molar-refractivity contribution is 0.515. The van der Waals surface area contributed by atoms with Gasteiger partial charge >= 0.3 is 0 Å². The molecule has 2 heterocycles. The summed E-state index contributed by atoms with van der Waals surface area (Å²) in [6.07, 6.45) is 2.01. The van der Waals surface area contributed by atoms with Gasteiger partial charge in [0.15, 0.2) is 0 Å². The molecule has 3 nitrogen and oxygen atoms in total. The van der Waals surface area contributed by atoms with Crippen LogP contribution in [0.3, 0.4) is 0 Å². The first-order valence-electron chi connectivity index (χ1n) is 7.77. The summed E-state index contributed by atoms with van der Waals surface area (Å²) in [5.74, 6) is 4.98. The highest BCUT2D eigenvalue weighted by Gasteiger charge is 2.19. The van der Waals surface area contributed by atoms with Gasteiger partial charge in [-0.3, -0.25) is 0 Å². The van der Waals surface area contributed by atoms with Crippen LogP contribution in [0.5, 0.6) is 0 Å². The van der Waals surface area contributed by atoms with Gasteiger partial charge in [-0.05, 0) is 26.0 Å². The topological polar surface area (TPSA) is 29.9 Å². The van der Waals surface area contributed by atoms with Gasteiger partial charge in [0.2, 0.25) is 0 Å². The van der Waals surface area contributed by atoms with Crippen LogP contribution in [0.2, 0.25) is 0 Å². The van der Waals surface area contributed by atoms with Crippen LogP contribution in [0.1, 0.15) is 24.2 Å². The summed E-state index contributed by atoms with van der Waals surface area (Å²) >= 11 is 4.13. The van der Waals surface area contributed by atoms with Gasteiger partial charge in [-0.15, -0.1) is 0 Å². The Bertz CT molecular complexity index is 589. The van der Waals surface area contributed by atoms with Gasteiger partial charge in [0.1, 0.15) is 0 Å². The fraction of sp³-hybridized carbons (Fsp3) is 0.471. The van der Waals surface area contributed by atoms with E-state index in [0.29, 0.717) is 12.1 Å². The minimum absolute atomic E-state index is 0.335. The van der Waals surface area contributed by atoms with Crippen LogP contribution in [0.25, 0.3) is 5.69 Å². The number of aromatic nitrogens is 2. The number of thioether (sulfide) groups is 2. The second-order valence-electron chi connectivity index (χ2n) is 5.67. The van der Waals surface area contributed by atoms with E-state index < -0.39 is 0 Å². The lowest BCUT2D eigenvalue weighted by atomic mass is 10.1. The van der Waals surface area contributed by atoms with Crippen molar-refractivity contribution >= 4 is 23.5 Å². The SMILES string of the molecule is Cc1c([C@H](C)NC2CSCCSC2)cnn1-c1ccccc1. The molecule has 2 aromatic rings. The third-order valence-corrected chi connectivity index (χ3v) is 6.53. The molecule has 1 atom stereocenters. The molecule has 1 aromatic carbocycles. The molecular weight excluding hydrogens is 310 g/mol. The number of hydrogen-bond acceptors (Lipinski definition) is 4. The molecule has 0 aliphatic carbocycles. The Morgan fingerprint density at radius 2 is 1.86 bits per heavy atom. The van der Waals surface area contributed by atoms with Crippen molar-refractivity contribution in [1.29, 1.82) is 0 Å². The monoisotopic (exact) mass is 333 g/mol. The zero-order valence-corrected chi connectivity index (χ0v) is 14.8. The maximum absolute atomic E-state index is 4.58. The van der Waals surface area contributed by atoms with Crippen LogP contribution in [-0.4, -0.2) is 38.8 Å². The van der Waals surface area contributed by atoms with Crippen molar-refractivity contribution in [2.24, 2.45) is 0 Å². The second kappa shape index (κ2) is 7.57. The largest absolute Gasteiger partial charge is 0.306 e. The molecule has 0 spiro atoms. The average molecular weight is 334 g/mol. The molecule has 3 rings (SSSR count). The maximum atomic E-state index is 4.58. The van der Waals surface area contributed by atoms with Crippen molar-refractivity contribution in [3.8, 4) is 5.69 Å². The fourth-order valence-corrected chi connectivity index (χ4v) is 5.26. The molecule has 1 N–H and O–H groups in total. The fourth-order valence-electron chi connectivity index (χ4n) is 2.83. The molecule has 1 aliphatic heterocycles. The molecule has 0 radical (unpaired) electrons. The third-order valence-electron chi connectivity index (χ3n) is 4.01. The van der Waals surface area contributed by atoms with Crippen molar-refractivity contribution in [3.63, 3.8) is 0 Å². The average Bonchev–Trinajstić information content (AvgIpc) is 2.75. The minimum Gasteiger partial charge on any atom is -0.306 e. The van der Waals surface area contributed by atoms with Gasteiger partial charge in [0, 0.05) is 46.4 Å². The lowest BCUT2D eigenvalue weighted by Gasteiger charge is -2.21. The molecule has 0 bridgehead atoms. The first-order chi connectivity index (χ1) is 10.8. The molecule has 1 aliphatic rings. The van der Waals surface area contributed by atoms with Gasteiger partial charge in [0.05, 0.1) is 11.9 Å². The van der Waals surface area contributed by atoms with Crippen LogP contribution in [0, 0.1) is 6.92 Å². The molecule has 1 aromatic heterocycles. The van der Waals surface area contributed by atoms with Crippen molar-refractivity contribution in [2.45, 2.75) is 25.9 Å². The van der Waals surface area contributed by atoms with E-state index in [2.05, 4.69) is 72.1 Å². The van der Waals surface area contributed by atoms with E-state index in [1.165, 1.54) is 34.3 Å². The van der Waals surface area contributed by atoms with Crippen LogP contribution in [0.15, 0.2) is 36.5 Å². The first-order valence-corrected chi connectivity index (χ1v) is 10.1. The number of hydrogen-bond donors (Lipinski definition) is 1. The van der Waals surface area contributed by atoms with E-state index in [4.69, 9.17) is 0 Å². The standard InChI is InChI=1S/C17H23N3S2/c1-13(19-15-11-21-8-9-22-12-15)17-10-18-20(14(17)2)16-6-4-3-5-7-16/h3-7,10,13,15,19H,8-9,11-12H2,1-2H3/t13-/m0/s1. The molecule has 22 heavy (non-hydrogen) atoms. The van der Waals surface area contributed by atoms with E-state index in [0.717, 1.165) is 5.69 Å². The molecule has 0 unspecified atom stereocenters. The van der Waals surface area contributed by atoms with Crippen LogP contribution in [-0.2, 0) is 0 Å². The molecule has 1 saturated heterocycles. The lowest BCUT2D eigenvalue weighted by Crippen LogP contribution is -2.35. The Morgan fingerprint density at radius 1 is 1.18 bits per heavy atom. The Balaban J connectivity index is 1.73. The highest BCUT2D eigenvalue weighted by molar-refractivity contribution is 8.03. The van der Waals surface area contributed by atoms with Crippen molar-refractivity contribution in [3.05, 3.63) is 47.8 Å². The van der Waals surface area contributed by atoms with Crippen molar-refractivity contribution in [1.82, 2.24) is 15.1 Å². The molecule has 0 saturated carbocycles. The summed E-state index contributed by atoms with van der Waals surface area (Å²) in [7, 11) is 0. The summed E-state index contributed by atoms with van der Waals surface area (Å²) in [6.45, 7) is 4.41. The summed E-state index contributed by atoms with van der Waals surface area (Å²) in [5, 5.41) is 8.37. The Morgan fingerprint density at radius 3 is 2.55 bits per heavy atom. The minimum atomic E-state index is 0.335. The number of nitrogens with one attached hydrogen (secondary N) is 1. The number of nitrogens with zero attached hydrogens (tertiary/aromatic N) is 2. The number of rotatable bonds is 4. The molecule has 5 heteroatoms. The Hall–Kier alpha value is -0.910. The van der Waals surface area contributed by atoms with Crippen LogP contribution >= 0.6 is 23.5 Å². The predicted molar refractivity (Wildman–Crippen MR) is 98.3 cm³/mol. The number of para-hydroxylation sites is 1. The van der Waals surface area contributed by atoms with E-state index in [1.54, 1.807) is 0 Å². The van der Waals surface area contributed by atoms with Gasteiger partial charge in [-0.1, -0.05) is 18.2 Å². The summed E-state index contributed by atoms with van der Waals surface area (Å²) in [5.41, 5.74) is 3.64. The van der Waals surface area contributed by atoms with Gasteiger partial charge in [0.25, 0.3) is 0 Å². The van der Waals surface area contributed by atoms with Crippen molar-refractivity contribution in [2.75, 3.05) is 23.0 Å². The van der Waals surface area contributed by atoms with Crippen LogP contribution in [0.4, 0.5) is 0 Å². The second-order valence-corrected chi connectivity index (χ2v) is 7.97. The maximum Gasteiger partial charge on any atom is 0.0648 e. The Kier molecular flexibility index (Phi) is 5.50. The highest BCUT2D eigenvalue weighted by atomic mass is 32.2. The quantitative estimate of drug-likeness (QED) is 0.924. The summed E-state index contributed by atoms with van der Waals surface area (Å²) in [4.78, 5) is 0. The first kappa shape index (κ1) is 16.0. The Labute approximate surface area is 141 Å². The highest BCUT2D eigenvalue weighted by Crippen LogP contribution is 2.23. The van der Waals surface area contributed by atoms with E-state index >= 15 is 0 Å². The van der Waals surface area contributed by atoms with Gasteiger partial charge in [-0.25, -0.2) is 4.68 Å². The van der Waals surface area contributed by atoms with E-state index in [-0.39, 0.29) is 0 Å². The normalized spacial score (nSPS) is 18.1. The van der Waals surface area contributed by atoms with Crippen molar-refractivity contribution < 1.29 is 0 Å². The molecule has 0 amide bonds. The van der Waals surface area contributed by atoms with Gasteiger partial charge < -0.3 is 5.32 Å². The van der Waals surface area contributed by atoms with E-state index in [1.807, 2.05) is 16.9 Å². The third kappa shape index (κ3) is 3.70. The smallest absolute Gasteiger partial charge is 0.0648 e. The zero-order chi connectivity index (χ0) is 15.4. The molecule has 118 valence electrons. The number of benzene rings is 1. The van der Waals surface area contributed by atoms with E-state index in [9.17, 15) is 0 Å². The summed E-state index contributed by atoms with van der Waals surface area (Å²) in [6, 6.07) is 11.3. The van der Waals surface area contributed by atoms with Crippen LogP contribution < -0.4 is 5.32 Å². The van der Waals surface area contributed by atoms with Gasteiger partial charge in [-0.2, -0.15) is 28.6 Å². The zero-order valence-electron chi connectivity index (χ0n) is 13.2. The summed E-state index contributed by atoms with van der Waals surface area (Å²) < 4.78 is 2.03.